The van der Waals surface area contributed by atoms with Gasteiger partial charge in [0.05, 0.1) is 22.4 Å². The van der Waals surface area contributed by atoms with Gasteiger partial charge in [0, 0.05) is 35.9 Å². The molecule has 0 unspecified atom stereocenters. The molecule has 0 aliphatic heterocycles. The molecular formula is C37H36N2O5S. The van der Waals surface area contributed by atoms with Crippen LogP contribution in [0.1, 0.15) is 11.1 Å². The number of sulfone groups is 1. The number of nitrogens with zero attached hydrogens (tertiary/aromatic N) is 1. The van der Waals surface area contributed by atoms with Gasteiger partial charge < -0.3 is 19.6 Å². The predicted molar refractivity (Wildman–Crippen MR) is 178 cm³/mol. The van der Waals surface area contributed by atoms with Crippen LogP contribution in [0.15, 0.2) is 131 Å². The van der Waals surface area contributed by atoms with E-state index >= 15 is 0 Å². The van der Waals surface area contributed by atoms with Gasteiger partial charge in [-0.3, -0.25) is 4.90 Å². The highest BCUT2D eigenvalue weighted by Gasteiger charge is 2.19. The quantitative estimate of drug-likeness (QED) is 0.150. The van der Waals surface area contributed by atoms with Gasteiger partial charge in [-0.25, -0.2) is 8.42 Å². The second-order valence-electron chi connectivity index (χ2n) is 11.1. The van der Waals surface area contributed by atoms with Gasteiger partial charge in [-0.1, -0.05) is 66.7 Å². The molecule has 0 spiro atoms. The van der Waals surface area contributed by atoms with Crippen molar-refractivity contribution >= 4 is 31.6 Å². The second kappa shape index (κ2) is 13.6. The van der Waals surface area contributed by atoms with Crippen molar-refractivity contribution in [2.75, 3.05) is 26.8 Å². The number of aromatic nitrogens is 1. The third kappa shape index (κ3) is 7.04. The number of H-pyrrole nitrogens is 1. The maximum absolute atomic E-state index is 13.1. The van der Waals surface area contributed by atoms with Crippen molar-refractivity contribution in [3.63, 3.8) is 0 Å². The van der Waals surface area contributed by atoms with Crippen molar-refractivity contribution in [2.45, 2.75) is 28.9 Å². The molecule has 0 radical (unpaired) electrons. The zero-order valence-electron chi connectivity index (χ0n) is 25.1. The summed E-state index contributed by atoms with van der Waals surface area (Å²) < 4.78 is 37.6. The van der Waals surface area contributed by atoms with Gasteiger partial charge in [0.15, 0.2) is 0 Å². The van der Waals surface area contributed by atoms with Gasteiger partial charge in [0.1, 0.15) is 24.2 Å². The molecule has 0 aliphatic rings. The highest BCUT2D eigenvalue weighted by atomic mass is 32.2. The average Bonchev–Trinajstić information content (AvgIpc) is 3.46. The number of hydrogen-bond acceptors (Lipinski definition) is 6. The van der Waals surface area contributed by atoms with E-state index in [-0.39, 0.29) is 16.4 Å². The van der Waals surface area contributed by atoms with Crippen LogP contribution in [0.25, 0.3) is 21.8 Å². The van der Waals surface area contributed by atoms with E-state index < -0.39 is 15.9 Å². The standard InChI is InChI=1S/C37H36N2O5S/c1-43-30-16-20-32(21-17-30)45(41,42)31-18-14-27(15-19-31)22-23-39(24-28-8-3-2-4-9-28)25-29(40)26-44-36-13-7-12-35-37(36)33-10-5-6-11-34(33)38-35/h2-21,29,38,40H,22-26H2,1H3/t29-/m0/s1. The van der Waals surface area contributed by atoms with E-state index in [0.29, 0.717) is 31.8 Å². The maximum Gasteiger partial charge on any atom is 0.206 e. The summed E-state index contributed by atoms with van der Waals surface area (Å²) in [6.45, 7) is 1.92. The number of hydrogen-bond donors (Lipinski definition) is 2. The second-order valence-corrected chi connectivity index (χ2v) is 13.1. The largest absolute Gasteiger partial charge is 0.497 e. The van der Waals surface area contributed by atoms with E-state index in [2.05, 4.69) is 28.1 Å². The number of rotatable bonds is 13. The molecule has 0 bridgehead atoms. The summed E-state index contributed by atoms with van der Waals surface area (Å²) in [7, 11) is -2.09. The molecule has 230 valence electrons. The Hall–Kier alpha value is -4.63. The Morgan fingerprint density at radius 2 is 1.42 bits per heavy atom. The molecule has 6 rings (SSSR count). The molecule has 0 saturated carbocycles. The maximum atomic E-state index is 13.1. The molecule has 0 saturated heterocycles. The van der Waals surface area contributed by atoms with Crippen LogP contribution < -0.4 is 9.47 Å². The fourth-order valence-electron chi connectivity index (χ4n) is 5.62. The smallest absolute Gasteiger partial charge is 0.206 e. The monoisotopic (exact) mass is 620 g/mol. The number of aliphatic hydroxyl groups excluding tert-OH is 1. The molecule has 6 aromatic rings. The van der Waals surface area contributed by atoms with Crippen LogP contribution in [0.4, 0.5) is 0 Å². The Morgan fingerprint density at radius 1 is 0.756 bits per heavy atom. The van der Waals surface area contributed by atoms with Gasteiger partial charge in [-0.2, -0.15) is 0 Å². The number of nitrogens with one attached hydrogen (secondary N) is 1. The highest BCUT2D eigenvalue weighted by molar-refractivity contribution is 7.91. The van der Waals surface area contributed by atoms with Crippen molar-refractivity contribution in [3.8, 4) is 11.5 Å². The van der Waals surface area contributed by atoms with Gasteiger partial charge in [-0.05, 0) is 72.1 Å². The predicted octanol–water partition coefficient (Wildman–Crippen LogP) is 6.65. The van der Waals surface area contributed by atoms with E-state index in [9.17, 15) is 13.5 Å². The molecule has 45 heavy (non-hydrogen) atoms. The highest BCUT2D eigenvalue weighted by Crippen LogP contribution is 2.33. The molecule has 8 heteroatoms. The van der Waals surface area contributed by atoms with Gasteiger partial charge >= 0.3 is 0 Å². The molecule has 1 aromatic heterocycles. The van der Waals surface area contributed by atoms with E-state index in [4.69, 9.17) is 9.47 Å². The minimum Gasteiger partial charge on any atom is -0.497 e. The van der Waals surface area contributed by atoms with Crippen molar-refractivity contribution in [3.05, 3.63) is 132 Å². The summed E-state index contributed by atoms with van der Waals surface area (Å²) in [4.78, 5) is 6.11. The SMILES string of the molecule is COc1ccc(S(=O)(=O)c2ccc(CCN(Cc3ccccc3)C[C@H](O)COc3cccc4[nH]c5ccccc5c34)cc2)cc1. The van der Waals surface area contributed by atoms with Crippen LogP contribution in [0.3, 0.4) is 0 Å². The summed E-state index contributed by atoms with van der Waals surface area (Å²) in [6.07, 6.45) is -0.0241. The molecule has 0 amide bonds. The Labute approximate surface area is 263 Å². The van der Waals surface area contributed by atoms with E-state index in [0.717, 1.165) is 38.7 Å². The van der Waals surface area contributed by atoms with Crippen LogP contribution >= 0.6 is 0 Å². The Bertz CT molecular complexity index is 1970. The molecule has 1 atom stereocenters. The van der Waals surface area contributed by atoms with Crippen molar-refractivity contribution in [1.29, 1.82) is 0 Å². The van der Waals surface area contributed by atoms with Crippen LogP contribution in [-0.2, 0) is 22.8 Å². The molecular weight excluding hydrogens is 584 g/mol. The van der Waals surface area contributed by atoms with Gasteiger partial charge in [-0.15, -0.1) is 0 Å². The fraction of sp³-hybridized carbons (Fsp3) is 0.189. The summed E-state index contributed by atoms with van der Waals surface area (Å²) in [5.41, 5.74) is 4.20. The number of ether oxygens (including phenoxy) is 2. The minimum atomic E-state index is -3.64. The number of aliphatic hydroxyl groups is 1. The summed E-state index contributed by atoms with van der Waals surface area (Å²) in [5.74, 6) is 1.34. The summed E-state index contributed by atoms with van der Waals surface area (Å²) >= 11 is 0. The lowest BCUT2D eigenvalue weighted by Crippen LogP contribution is -2.36. The Morgan fingerprint density at radius 3 is 2.16 bits per heavy atom. The summed E-state index contributed by atoms with van der Waals surface area (Å²) in [6, 6.07) is 37.6. The number of methoxy groups -OCH3 is 1. The zero-order chi connectivity index (χ0) is 31.2. The number of aromatic amines is 1. The number of para-hydroxylation sites is 1. The first-order valence-electron chi connectivity index (χ1n) is 15.0. The van der Waals surface area contributed by atoms with E-state index in [1.54, 1.807) is 43.5 Å². The van der Waals surface area contributed by atoms with E-state index in [1.807, 2.05) is 66.7 Å². The lowest BCUT2D eigenvalue weighted by molar-refractivity contribution is 0.0665. The fourth-order valence-corrected chi connectivity index (χ4v) is 6.88. The van der Waals surface area contributed by atoms with Crippen LogP contribution in [0.2, 0.25) is 0 Å². The Kier molecular flexibility index (Phi) is 9.16. The topological polar surface area (TPSA) is 91.9 Å². The van der Waals surface area contributed by atoms with Crippen LogP contribution in [0.5, 0.6) is 11.5 Å². The molecule has 0 fully saturated rings. The van der Waals surface area contributed by atoms with Gasteiger partial charge in [0.25, 0.3) is 0 Å². The summed E-state index contributed by atoms with van der Waals surface area (Å²) in [5, 5.41) is 13.2. The van der Waals surface area contributed by atoms with Gasteiger partial charge in [0.2, 0.25) is 9.84 Å². The van der Waals surface area contributed by atoms with E-state index in [1.165, 1.54) is 0 Å². The first-order valence-corrected chi connectivity index (χ1v) is 16.4. The molecule has 0 aliphatic carbocycles. The van der Waals surface area contributed by atoms with Crippen molar-refractivity contribution < 1.29 is 23.0 Å². The molecule has 1 heterocycles. The third-order valence-corrected chi connectivity index (χ3v) is 9.75. The Balaban J connectivity index is 1.12. The van der Waals surface area contributed by atoms with Crippen LogP contribution in [0, 0.1) is 0 Å². The average molecular weight is 621 g/mol. The third-order valence-electron chi connectivity index (χ3n) is 7.96. The van der Waals surface area contributed by atoms with Crippen molar-refractivity contribution in [2.24, 2.45) is 0 Å². The lowest BCUT2D eigenvalue weighted by Gasteiger charge is -2.25. The number of fused-ring (bicyclic) bond motifs is 3. The zero-order valence-corrected chi connectivity index (χ0v) is 25.9. The molecule has 7 nitrogen and oxygen atoms in total. The molecule has 5 aromatic carbocycles. The molecule has 2 N–H and O–H groups in total. The first kappa shape index (κ1) is 30.4. The minimum absolute atomic E-state index is 0.155. The lowest BCUT2D eigenvalue weighted by atomic mass is 10.1. The first-order chi connectivity index (χ1) is 21.9. The normalized spacial score (nSPS) is 12.5. The number of benzene rings is 5. The van der Waals surface area contributed by atoms with Crippen LogP contribution in [-0.4, -0.2) is 56.3 Å². The van der Waals surface area contributed by atoms with Crippen molar-refractivity contribution in [1.82, 2.24) is 9.88 Å².